The van der Waals surface area contributed by atoms with Crippen molar-refractivity contribution in [3.8, 4) is 11.5 Å². The molecular formula is C19H29N5O4. The summed E-state index contributed by atoms with van der Waals surface area (Å²) >= 11 is 0. The molecule has 9 nitrogen and oxygen atoms in total. The van der Waals surface area contributed by atoms with Crippen molar-refractivity contribution in [2.45, 2.75) is 25.9 Å². The molecule has 154 valence electrons. The molecule has 0 saturated heterocycles. The fraction of sp³-hybridized carbons (Fsp3) is 0.526. The second-order valence-corrected chi connectivity index (χ2v) is 6.33. The molecule has 1 unspecified atom stereocenters. The molecule has 0 aliphatic carbocycles. The number of aromatic nitrogens is 2. The van der Waals surface area contributed by atoms with Gasteiger partial charge in [-0.3, -0.25) is 4.79 Å². The number of anilines is 2. The summed E-state index contributed by atoms with van der Waals surface area (Å²) in [6.07, 6.45) is 0.962. The lowest BCUT2D eigenvalue weighted by Gasteiger charge is -2.19. The molecule has 0 aliphatic heterocycles. The van der Waals surface area contributed by atoms with Crippen LogP contribution in [0.25, 0.3) is 10.9 Å². The highest BCUT2D eigenvalue weighted by atomic mass is 16.5. The first kappa shape index (κ1) is 21.5. The van der Waals surface area contributed by atoms with Crippen molar-refractivity contribution in [1.29, 1.82) is 0 Å². The average molecular weight is 391 g/mol. The molecule has 0 fully saturated rings. The zero-order valence-electron chi connectivity index (χ0n) is 17.1. The number of ether oxygens (including phenoxy) is 3. The second kappa shape index (κ2) is 9.93. The highest BCUT2D eigenvalue weighted by molar-refractivity contribution is 5.91. The Kier molecular flexibility index (Phi) is 7.62. The first-order valence-electron chi connectivity index (χ1n) is 9.16. The van der Waals surface area contributed by atoms with Crippen molar-refractivity contribution < 1.29 is 19.0 Å². The molecule has 2 aromatic rings. The van der Waals surface area contributed by atoms with Crippen molar-refractivity contribution in [1.82, 2.24) is 15.3 Å². The van der Waals surface area contributed by atoms with Crippen molar-refractivity contribution in [3.63, 3.8) is 0 Å². The van der Waals surface area contributed by atoms with Crippen LogP contribution in [0.4, 0.5) is 11.8 Å². The molecule has 1 amide bonds. The minimum Gasteiger partial charge on any atom is -0.493 e. The number of benzene rings is 1. The number of nitrogen functional groups attached to an aromatic ring is 1. The van der Waals surface area contributed by atoms with E-state index >= 15 is 0 Å². The van der Waals surface area contributed by atoms with Gasteiger partial charge in [0.25, 0.3) is 0 Å². The predicted molar refractivity (Wildman–Crippen MR) is 109 cm³/mol. The zero-order chi connectivity index (χ0) is 20.7. The molecule has 0 radical (unpaired) electrons. The largest absolute Gasteiger partial charge is 0.493 e. The summed E-state index contributed by atoms with van der Waals surface area (Å²) in [5, 5.41) is 3.57. The quantitative estimate of drug-likeness (QED) is 0.588. The maximum Gasteiger partial charge on any atom is 0.249 e. The highest BCUT2D eigenvalue weighted by Crippen LogP contribution is 2.33. The minimum absolute atomic E-state index is 0.0973. The smallest absolute Gasteiger partial charge is 0.249 e. The molecule has 1 atom stereocenters. The lowest BCUT2D eigenvalue weighted by molar-refractivity contribution is -0.131. The van der Waals surface area contributed by atoms with Gasteiger partial charge in [-0.1, -0.05) is 6.92 Å². The minimum atomic E-state index is -0.409. The van der Waals surface area contributed by atoms with Crippen LogP contribution in [0.2, 0.25) is 0 Å². The fourth-order valence-electron chi connectivity index (χ4n) is 2.84. The summed E-state index contributed by atoms with van der Waals surface area (Å²) < 4.78 is 15.8. The first-order chi connectivity index (χ1) is 13.4. The van der Waals surface area contributed by atoms with E-state index in [4.69, 9.17) is 19.9 Å². The van der Waals surface area contributed by atoms with Crippen LogP contribution in [0.5, 0.6) is 11.5 Å². The van der Waals surface area contributed by atoms with Gasteiger partial charge in [-0.2, -0.15) is 4.98 Å². The number of hydrogen-bond donors (Lipinski definition) is 2. The number of carbonyl (C=O) groups is 1. The standard InChI is InChI=1S/C19H29N5O4/c1-6-14(26-3)18(25)21-8-7-9-24(2)19-22-13-11-16(28-5)15(27-4)10-12(13)17(20)23-19/h10-11,14H,6-9H2,1-5H3,(H,21,25)(H2,20,22,23). The molecule has 1 heterocycles. The van der Waals surface area contributed by atoms with Gasteiger partial charge in [0.1, 0.15) is 11.9 Å². The second-order valence-electron chi connectivity index (χ2n) is 6.33. The molecule has 3 N–H and O–H groups in total. The molecule has 0 spiro atoms. The topological polar surface area (TPSA) is 112 Å². The van der Waals surface area contributed by atoms with E-state index in [-0.39, 0.29) is 5.91 Å². The number of nitrogens with one attached hydrogen (secondary N) is 1. The molecule has 2 rings (SSSR count). The van der Waals surface area contributed by atoms with E-state index in [2.05, 4.69) is 15.3 Å². The number of rotatable bonds is 10. The maximum absolute atomic E-state index is 11.9. The summed E-state index contributed by atoms with van der Waals surface area (Å²) in [7, 11) is 6.56. The van der Waals surface area contributed by atoms with Gasteiger partial charge in [0.15, 0.2) is 11.5 Å². The highest BCUT2D eigenvalue weighted by Gasteiger charge is 2.15. The van der Waals surface area contributed by atoms with Gasteiger partial charge in [-0.05, 0) is 18.9 Å². The van der Waals surface area contributed by atoms with E-state index in [9.17, 15) is 4.79 Å². The van der Waals surface area contributed by atoms with Gasteiger partial charge in [0, 0.05) is 38.7 Å². The Labute approximate surface area is 165 Å². The Morgan fingerprint density at radius 3 is 2.50 bits per heavy atom. The van der Waals surface area contributed by atoms with Crippen molar-refractivity contribution >= 4 is 28.6 Å². The number of nitrogens with two attached hydrogens (primary N) is 1. The van der Waals surface area contributed by atoms with Gasteiger partial charge < -0.3 is 30.2 Å². The van der Waals surface area contributed by atoms with E-state index in [1.807, 2.05) is 18.9 Å². The van der Waals surface area contributed by atoms with Crippen LogP contribution in [0.3, 0.4) is 0 Å². The van der Waals surface area contributed by atoms with Gasteiger partial charge in [0.2, 0.25) is 11.9 Å². The van der Waals surface area contributed by atoms with Crippen LogP contribution >= 0.6 is 0 Å². The van der Waals surface area contributed by atoms with Crippen LogP contribution in [0, 0.1) is 0 Å². The lowest BCUT2D eigenvalue weighted by Crippen LogP contribution is -2.37. The van der Waals surface area contributed by atoms with Crippen LogP contribution in [-0.4, -0.2) is 63.4 Å². The van der Waals surface area contributed by atoms with E-state index in [1.165, 1.54) is 7.11 Å². The van der Waals surface area contributed by atoms with Crippen molar-refractivity contribution in [2.24, 2.45) is 0 Å². The molecule has 0 bridgehead atoms. The summed E-state index contributed by atoms with van der Waals surface area (Å²) in [6, 6.07) is 3.54. The van der Waals surface area contributed by atoms with Crippen LogP contribution in [0.1, 0.15) is 19.8 Å². The molecule has 28 heavy (non-hydrogen) atoms. The Hall–Kier alpha value is -2.81. The number of nitrogens with zero attached hydrogens (tertiary/aromatic N) is 3. The number of hydrogen-bond acceptors (Lipinski definition) is 8. The molecule has 0 saturated carbocycles. The summed E-state index contributed by atoms with van der Waals surface area (Å²) in [6.45, 7) is 3.10. The Morgan fingerprint density at radius 2 is 1.89 bits per heavy atom. The van der Waals surface area contributed by atoms with E-state index in [1.54, 1.807) is 26.4 Å². The average Bonchev–Trinajstić information content (AvgIpc) is 2.70. The SMILES string of the molecule is CCC(OC)C(=O)NCCCN(C)c1nc(N)c2cc(OC)c(OC)cc2n1. The maximum atomic E-state index is 11.9. The van der Waals surface area contributed by atoms with E-state index in [0.29, 0.717) is 53.7 Å². The van der Waals surface area contributed by atoms with Crippen LogP contribution in [-0.2, 0) is 9.53 Å². The number of fused-ring (bicyclic) bond motifs is 1. The van der Waals surface area contributed by atoms with E-state index in [0.717, 1.165) is 6.42 Å². The van der Waals surface area contributed by atoms with E-state index < -0.39 is 6.10 Å². The summed E-state index contributed by atoms with van der Waals surface area (Å²) in [5.74, 6) is 1.93. The fourth-order valence-corrected chi connectivity index (χ4v) is 2.84. The number of amides is 1. The van der Waals surface area contributed by atoms with Gasteiger partial charge in [-0.15, -0.1) is 0 Å². The third kappa shape index (κ3) is 4.92. The van der Waals surface area contributed by atoms with Crippen molar-refractivity contribution in [3.05, 3.63) is 12.1 Å². The first-order valence-corrected chi connectivity index (χ1v) is 9.16. The van der Waals surface area contributed by atoms with Gasteiger partial charge in [0.05, 0.1) is 19.7 Å². The molecule has 1 aromatic carbocycles. The summed E-state index contributed by atoms with van der Waals surface area (Å²) in [4.78, 5) is 22.8. The normalized spacial score (nSPS) is 11.9. The molecule has 1 aromatic heterocycles. The zero-order valence-corrected chi connectivity index (χ0v) is 17.1. The predicted octanol–water partition coefficient (Wildman–Crippen LogP) is 1.60. The Bertz CT molecular complexity index is 811. The Morgan fingerprint density at radius 1 is 1.21 bits per heavy atom. The molecule has 9 heteroatoms. The number of methoxy groups -OCH3 is 3. The lowest BCUT2D eigenvalue weighted by atomic mass is 10.2. The Balaban J connectivity index is 2.05. The van der Waals surface area contributed by atoms with Crippen molar-refractivity contribution in [2.75, 3.05) is 52.1 Å². The number of carbonyl (C=O) groups excluding carboxylic acids is 1. The third-order valence-corrected chi connectivity index (χ3v) is 4.48. The van der Waals surface area contributed by atoms with Crippen LogP contribution < -0.4 is 25.4 Å². The van der Waals surface area contributed by atoms with Gasteiger partial charge in [-0.25, -0.2) is 4.98 Å². The third-order valence-electron chi connectivity index (χ3n) is 4.48. The molecule has 0 aliphatic rings. The molecular weight excluding hydrogens is 362 g/mol. The monoisotopic (exact) mass is 391 g/mol. The van der Waals surface area contributed by atoms with Gasteiger partial charge >= 0.3 is 0 Å². The summed E-state index contributed by atoms with van der Waals surface area (Å²) in [5.41, 5.74) is 6.80. The van der Waals surface area contributed by atoms with Crippen LogP contribution in [0.15, 0.2) is 12.1 Å².